The molecule has 1 aromatic carbocycles. The molecular formula is C10H12O3. The predicted molar refractivity (Wildman–Crippen MR) is 48.8 cm³/mol. The first-order chi connectivity index (χ1) is 6.02. The number of aryl methyl sites for hydroxylation is 1. The molecule has 13 heavy (non-hydrogen) atoms. The maximum atomic E-state index is 10.6. The van der Waals surface area contributed by atoms with Gasteiger partial charge in [0.2, 0.25) is 0 Å². The van der Waals surface area contributed by atoms with Crippen molar-refractivity contribution in [2.24, 2.45) is 0 Å². The molecule has 1 atom stereocenters. The molecule has 3 nitrogen and oxygen atoms in total. The molecule has 0 saturated carbocycles. The maximum Gasteiger partial charge on any atom is 0.335 e. The number of aliphatic hydroxyl groups is 1. The Balaban J connectivity index is 3.19. The Bertz CT molecular complexity index is 329. The van der Waals surface area contributed by atoms with Crippen LogP contribution in [-0.2, 0) is 0 Å². The van der Waals surface area contributed by atoms with Gasteiger partial charge in [0.1, 0.15) is 0 Å². The molecule has 0 aromatic heterocycles. The summed E-state index contributed by atoms with van der Waals surface area (Å²) in [6.07, 6.45) is -0.626. The van der Waals surface area contributed by atoms with E-state index in [0.717, 1.165) is 5.56 Å². The van der Waals surface area contributed by atoms with E-state index in [9.17, 15) is 9.90 Å². The molecule has 0 aliphatic heterocycles. The lowest BCUT2D eigenvalue weighted by atomic mass is 10.0. The summed E-state index contributed by atoms with van der Waals surface area (Å²) in [4.78, 5) is 10.6. The predicted octanol–water partition coefficient (Wildman–Crippen LogP) is 1.75. The van der Waals surface area contributed by atoms with Crippen LogP contribution in [0, 0.1) is 6.92 Å². The minimum absolute atomic E-state index is 0.210. The highest BCUT2D eigenvalue weighted by atomic mass is 16.4. The van der Waals surface area contributed by atoms with Crippen LogP contribution < -0.4 is 0 Å². The van der Waals surface area contributed by atoms with Crippen LogP contribution in [0.15, 0.2) is 18.2 Å². The topological polar surface area (TPSA) is 57.5 Å². The van der Waals surface area contributed by atoms with Gasteiger partial charge in [-0.1, -0.05) is 6.07 Å². The molecule has 0 aliphatic rings. The van der Waals surface area contributed by atoms with E-state index in [1.54, 1.807) is 13.0 Å². The largest absolute Gasteiger partial charge is 0.478 e. The van der Waals surface area contributed by atoms with Crippen molar-refractivity contribution in [2.75, 3.05) is 0 Å². The Morgan fingerprint density at radius 1 is 1.46 bits per heavy atom. The number of aliphatic hydroxyl groups excluding tert-OH is 1. The zero-order valence-electron chi connectivity index (χ0n) is 7.61. The second-order valence-corrected chi connectivity index (χ2v) is 3.05. The van der Waals surface area contributed by atoms with E-state index < -0.39 is 12.1 Å². The Hall–Kier alpha value is -1.35. The third-order valence-corrected chi connectivity index (χ3v) is 1.98. The van der Waals surface area contributed by atoms with Crippen LogP contribution in [0.1, 0.15) is 34.5 Å². The number of aromatic carboxylic acids is 1. The van der Waals surface area contributed by atoms with Gasteiger partial charge in [-0.3, -0.25) is 0 Å². The normalized spacial score (nSPS) is 12.5. The molecule has 0 radical (unpaired) electrons. The molecule has 70 valence electrons. The number of benzene rings is 1. The first-order valence-corrected chi connectivity index (χ1v) is 4.04. The van der Waals surface area contributed by atoms with E-state index >= 15 is 0 Å². The van der Waals surface area contributed by atoms with Crippen molar-refractivity contribution >= 4 is 5.97 Å². The van der Waals surface area contributed by atoms with Gasteiger partial charge in [-0.05, 0) is 37.1 Å². The molecule has 0 spiro atoms. The van der Waals surface area contributed by atoms with Crippen molar-refractivity contribution in [3.05, 3.63) is 34.9 Å². The van der Waals surface area contributed by atoms with Crippen LogP contribution in [-0.4, -0.2) is 16.2 Å². The van der Waals surface area contributed by atoms with E-state index in [-0.39, 0.29) is 5.56 Å². The van der Waals surface area contributed by atoms with Crippen molar-refractivity contribution in [1.29, 1.82) is 0 Å². The lowest BCUT2D eigenvalue weighted by molar-refractivity contribution is 0.0696. The Labute approximate surface area is 76.6 Å². The highest BCUT2D eigenvalue weighted by molar-refractivity contribution is 5.87. The number of carboxylic acid groups (broad SMARTS) is 1. The van der Waals surface area contributed by atoms with Gasteiger partial charge in [-0.2, -0.15) is 0 Å². The summed E-state index contributed by atoms with van der Waals surface area (Å²) in [6.45, 7) is 3.46. The van der Waals surface area contributed by atoms with Crippen molar-refractivity contribution < 1.29 is 15.0 Å². The molecule has 2 N–H and O–H groups in total. The summed E-state index contributed by atoms with van der Waals surface area (Å²) in [5.41, 5.74) is 1.78. The fraction of sp³-hybridized carbons (Fsp3) is 0.300. The first-order valence-electron chi connectivity index (χ1n) is 4.04. The van der Waals surface area contributed by atoms with Crippen molar-refractivity contribution in [2.45, 2.75) is 20.0 Å². The number of hydrogen-bond donors (Lipinski definition) is 2. The van der Waals surface area contributed by atoms with Crippen LogP contribution in [0.3, 0.4) is 0 Å². The second kappa shape index (κ2) is 3.58. The van der Waals surface area contributed by atoms with E-state index in [2.05, 4.69) is 0 Å². The summed E-state index contributed by atoms with van der Waals surface area (Å²) < 4.78 is 0. The number of carboxylic acids is 1. The number of carbonyl (C=O) groups is 1. The second-order valence-electron chi connectivity index (χ2n) is 3.05. The summed E-state index contributed by atoms with van der Waals surface area (Å²) in [7, 11) is 0. The zero-order chi connectivity index (χ0) is 10.0. The van der Waals surface area contributed by atoms with E-state index in [1.807, 2.05) is 6.92 Å². The average Bonchev–Trinajstić information content (AvgIpc) is 2.04. The van der Waals surface area contributed by atoms with Gasteiger partial charge in [0.25, 0.3) is 0 Å². The first kappa shape index (κ1) is 9.74. The molecule has 0 bridgehead atoms. The molecule has 1 aromatic rings. The van der Waals surface area contributed by atoms with Crippen molar-refractivity contribution in [3.63, 3.8) is 0 Å². The number of hydrogen-bond acceptors (Lipinski definition) is 2. The van der Waals surface area contributed by atoms with E-state index in [1.165, 1.54) is 12.1 Å². The van der Waals surface area contributed by atoms with Crippen LogP contribution in [0.25, 0.3) is 0 Å². The van der Waals surface area contributed by atoms with Crippen LogP contribution >= 0.6 is 0 Å². The molecule has 0 aliphatic carbocycles. The van der Waals surface area contributed by atoms with Crippen molar-refractivity contribution in [1.82, 2.24) is 0 Å². The van der Waals surface area contributed by atoms with Gasteiger partial charge in [-0.25, -0.2) is 4.79 Å². The maximum absolute atomic E-state index is 10.6. The van der Waals surface area contributed by atoms with Gasteiger partial charge in [-0.15, -0.1) is 0 Å². The summed E-state index contributed by atoms with van der Waals surface area (Å²) in [5, 5.41) is 18.0. The van der Waals surface area contributed by atoms with Crippen molar-refractivity contribution in [3.8, 4) is 0 Å². The van der Waals surface area contributed by atoms with E-state index in [0.29, 0.717) is 5.56 Å². The lowest BCUT2D eigenvalue weighted by Crippen LogP contribution is -2.01. The standard InChI is InChI=1S/C10H12O3/c1-6-3-4-8(10(12)13)5-9(6)7(2)11/h3-5,7,11H,1-2H3,(H,12,13). The molecule has 0 amide bonds. The van der Waals surface area contributed by atoms with Gasteiger partial charge in [0.05, 0.1) is 11.7 Å². The van der Waals surface area contributed by atoms with Gasteiger partial charge in [0, 0.05) is 0 Å². The quantitative estimate of drug-likeness (QED) is 0.728. The molecule has 3 heteroatoms. The fourth-order valence-electron chi connectivity index (χ4n) is 1.22. The number of rotatable bonds is 2. The minimum Gasteiger partial charge on any atom is -0.478 e. The minimum atomic E-state index is -0.970. The van der Waals surface area contributed by atoms with Crippen LogP contribution in [0.5, 0.6) is 0 Å². The Morgan fingerprint density at radius 2 is 2.08 bits per heavy atom. The van der Waals surface area contributed by atoms with Gasteiger partial charge < -0.3 is 10.2 Å². The highest BCUT2D eigenvalue weighted by Gasteiger charge is 2.09. The monoisotopic (exact) mass is 180 g/mol. The molecule has 1 unspecified atom stereocenters. The molecule has 0 fully saturated rings. The van der Waals surface area contributed by atoms with E-state index in [4.69, 9.17) is 5.11 Å². The summed E-state index contributed by atoms with van der Waals surface area (Å²) in [5.74, 6) is -0.970. The average molecular weight is 180 g/mol. The molecule has 1 rings (SSSR count). The van der Waals surface area contributed by atoms with Gasteiger partial charge >= 0.3 is 5.97 Å². The SMILES string of the molecule is Cc1ccc(C(=O)O)cc1C(C)O. The van der Waals surface area contributed by atoms with Gasteiger partial charge in [0.15, 0.2) is 0 Å². The highest BCUT2D eigenvalue weighted by Crippen LogP contribution is 2.18. The Kier molecular flexibility index (Phi) is 2.68. The lowest BCUT2D eigenvalue weighted by Gasteiger charge is -2.09. The fourth-order valence-corrected chi connectivity index (χ4v) is 1.22. The Morgan fingerprint density at radius 3 is 2.54 bits per heavy atom. The van der Waals surface area contributed by atoms with Crippen LogP contribution in [0.4, 0.5) is 0 Å². The zero-order valence-corrected chi connectivity index (χ0v) is 7.61. The summed E-state index contributed by atoms with van der Waals surface area (Å²) in [6, 6.07) is 4.73. The smallest absolute Gasteiger partial charge is 0.335 e. The molecular weight excluding hydrogens is 168 g/mol. The third kappa shape index (κ3) is 2.06. The molecule has 0 heterocycles. The third-order valence-electron chi connectivity index (χ3n) is 1.98. The van der Waals surface area contributed by atoms with Crippen LogP contribution in [0.2, 0.25) is 0 Å². The summed E-state index contributed by atoms with van der Waals surface area (Å²) >= 11 is 0. The molecule has 0 saturated heterocycles.